The molecule has 1 aliphatic carbocycles. The average Bonchev–Trinajstić information content (AvgIpc) is 3.55. The number of ether oxygens (including phenoxy) is 1. The summed E-state index contributed by atoms with van der Waals surface area (Å²) in [6, 6.07) is 76.9. The monoisotopic (exact) mass is 701 g/mol. The highest BCUT2D eigenvalue weighted by atomic mass is 16.5. The quantitative estimate of drug-likeness (QED) is 0.171. The third-order valence-corrected chi connectivity index (χ3v) is 11.5. The van der Waals surface area contributed by atoms with Crippen molar-refractivity contribution in [2.24, 2.45) is 0 Å². The second-order valence-corrected chi connectivity index (χ2v) is 14.4. The van der Waals surface area contributed by atoms with Crippen LogP contribution in [0, 0.1) is 0 Å². The lowest BCUT2D eigenvalue weighted by atomic mass is 9.68. The number of anilines is 3. The van der Waals surface area contributed by atoms with Crippen LogP contribution in [0.4, 0.5) is 17.1 Å². The first-order valence-electron chi connectivity index (χ1n) is 18.9. The smallest absolute Gasteiger partial charge is 0.135 e. The maximum Gasteiger partial charge on any atom is 0.135 e. The van der Waals surface area contributed by atoms with Crippen molar-refractivity contribution in [2.75, 3.05) is 4.90 Å². The van der Waals surface area contributed by atoms with E-state index in [0.29, 0.717) is 0 Å². The van der Waals surface area contributed by atoms with Crippen molar-refractivity contribution < 1.29 is 4.74 Å². The molecule has 0 radical (unpaired) electrons. The summed E-state index contributed by atoms with van der Waals surface area (Å²) < 4.78 is 6.51. The summed E-state index contributed by atoms with van der Waals surface area (Å²) in [6.45, 7) is 0. The Kier molecular flexibility index (Phi) is 7.11. The summed E-state index contributed by atoms with van der Waals surface area (Å²) in [4.78, 5) is 2.37. The van der Waals surface area contributed by atoms with Crippen molar-refractivity contribution in [1.82, 2.24) is 0 Å². The van der Waals surface area contributed by atoms with Crippen LogP contribution in [0.5, 0.6) is 11.5 Å². The highest BCUT2D eigenvalue weighted by molar-refractivity contribution is 6.04. The molecule has 0 spiro atoms. The Labute approximate surface area is 321 Å². The van der Waals surface area contributed by atoms with Crippen LogP contribution in [-0.4, -0.2) is 0 Å². The van der Waals surface area contributed by atoms with Crippen LogP contribution in [-0.2, 0) is 5.41 Å². The first kappa shape index (κ1) is 31.4. The van der Waals surface area contributed by atoms with Gasteiger partial charge in [0.05, 0.1) is 5.41 Å². The fourth-order valence-electron chi connectivity index (χ4n) is 9.15. The van der Waals surface area contributed by atoms with Gasteiger partial charge in [-0.1, -0.05) is 158 Å². The van der Waals surface area contributed by atoms with Gasteiger partial charge in [0.2, 0.25) is 0 Å². The molecule has 258 valence electrons. The van der Waals surface area contributed by atoms with Gasteiger partial charge in [-0.15, -0.1) is 0 Å². The molecule has 0 N–H and O–H groups in total. The average molecular weight is 702 g/mol. The maximum absolute atomic E-state index is 6.51. The predicted octanol–water partition coefficient (Wildman–Crippen LogP) is 14.1. The van der Waals surface area contributed by atoms with E-state index < -0.39 is 5.41 Å². The number of para-hydroxylation sites is 1. The van der Waals surface area contributed by atoms with Crippen LogP contribution < -0.4 is 9.64 Å². The molecule has 2 nitrogen and oxygen atoms in total. The van der Waals surface area contributed by atoms with E-state index in [4.69, 9.17) is 4.74 Å². The summed E-state index contributed by atoms with van der Waals surface area (Å²) in [5.41, 5.74) is 15.1. The minimum atomic E-state index is -0.431. The van der Waals surface area contributed by atoms with Crippen molar-refractivity contribution >= 4 is 27.8 Å². The standard InChI is InChI=1S/C53H35NO/c1-4-16-39(17-5-1)53(40-18-6-2-7-19-40)48-24-11-10-22-44(48)47-35-43(31-33-49(47)53)54(41-20-8-3-9-21-41)42-29-26-36(27-30-42)38-28-32-45-46-23-12-14-37-15-13-25-50(52(37)46)55-51(45)34-38/h1-35H. The molecule has 0 aromatic heterocycles. The third kappa shape index (κ3) is 4.82. The molecule has 0 unspecified atom stereocenters. The van der Waals surface area contributed by atoms with Gasteiger partial charge in [-0.2, -0.15) is 0 Å². The minimum absolute atomic E-state index is 0.431. The Morgan fingerprint density at radius 1 is 0.345 bits per heavy atom. The molecule has 0 saturated heterocycles. The van der Waals surface area contributed by atoms with Crippen LogP contribution in [0.15, 0.2) is 212 Å². The molecule has 1 aliphatic heterocycles. The lowest BCUT2D eigenvalue weighted by molar-refractivity contribution is 0.487. The van der Waals surface area contributed by atoms with E-state index in [1.54, 1.807) is 0 Å². The largest absolute Gasteiger partial charge is 0.456 e. The van der Waals surface area contributed by atoms with Crippen molar-refractivity contribution in [2.45, 2.75) is 5.41 Å². The zero-order chi connectivity index (χ0) is 36.3. The molecule has 1 heterocycles. The first-order valence-corrected chi connectivity index (χ1v) is 18.9. The summed E-state index contributed by atoms with van der Waals surface area (Å²) in [6.07, 6.45) is 0. The van der Waals surface area contributed by atoms with Gasteiger partial charge < -0.3 is 9.64 Å². The number of rotatable bonds is 6. The van der Waals surface area contributed by atoms with Gasteiger partial charge in [-0.3, -0.25) is 0 Å². The summed E-state index contributed by atoms with van der Waals surface area (Å²) in [5, 5.41) is 2.37. The summed E-state index contributed by atoms with van der Waals surface area (Å²) >= 11 is 0. The first-order chi connectivity index (χ1) is 27.3. The van der Waals surface area contributed by atoms with Crippen molar-refractivity contribution in [3.63, 3.8) is 0 Å². The molecule has 2 aliphatic rings. The van der Waals surface area contributed by atoms with Crippen LogP contribution in [0.3, 0.4) is 0 Å². The lowest BCUT2D eigenvalue weighted by Crippen LogP contribution is -2.28. The van der Waals surface area contributed by atoms with E-state index >= 15 is 0 Å². The Hall–Kier alpha value is -7.16. The fourth-order valence-corrected chi connectivity index (χ4v) is 9.15. The zero-order valence-electron chi connectivity index (χ0n) is 30.1. The van der Waals surface area contributed by atoms with E-state index in [1.165, 1.54) is 49.7 Å². The normalized spacial score (nSPS) is 13.0. The van der Waals surface area contributed by atoms with Gasteiger partial charge in [0.15, 0.2) is 0 Å². The molecular weight excluding hydrogens is 667 g/mol. The Balaban J connectivity index is 1.02. The van der Waals surface area contributed by atoms with Crippen LogP contribution in [0.2, 0.25) is 0 Å². The number of hydrogen-bond acceptors (Lipinski definition) is 2. The Morgan fingerprint density at radius 3 is 1.67 bits per heavy atom. The predicted molar refractivity (Wildman–Crippen MR) is 227 cm³/mol. The number of nitrogens with zero attached hydrogens (tertiary/aromatic N) is 1. The van der Waals surface area contributed by atoms with E-state index in [9.17, 15) is 0 Å². The number of fused-ring (bicyclic) bond motifs is 5. The van der Waals surface area contributed by atoms with Gasteiger partial charge in [0.1, 0.15) is 11.5 Å². The molecule has 9 aromatic rings. The minimum Gasteiger partial charge on any atom is -0.456 e. The van der Waals surface area contributed by atoms with E-state index in [-0.39, 0.29) is 0 Å². The Bertz CT molecular complexity index is 2840. The van der Waals surface area contributed by atoms with E-state index in [1.807, 2.05) is 0 Å². The van der Waals surface area contributed by atoms with Gasteiger partial charge in [-0.25, -0.2) is 0 Å². The summed E-state index contributed by atoms with van der Waals surface area (Å²) in [5.74, 6) is 1.80. The number of hydrogen-bond donors (Lipinski definition) is 0. The van der Waals surface area contributed by atoms with Gasteiger partial charge in [0, 0.05) is 28.0 Å². The third-order valence-electron chi connectivity index (χ3n) is 11.5. The second kappa shape index (κ2) is 12.5. The van der Waals surface area contributed by atoms with Crippen LogP contribution >= 0.6 is 0 Å². The molecule has 11 rings (SSSR count). The maximum atomic E-state index is 6.51. The highest BCUT2D eigenvalue weighted by Crippen LogP contribution is 2.57. The van der Waals surface area contributed by atoms with Crippen molar-refractivity contribution in [1.29, 1.82) is 0 Å². The second-order valence-electron chi connectivity index (χ2n) is 14.4. The molecule has 0 saturated carbocycles. The Morgan fingerprint density at radius 2 is 0.927 bits per heavy atom. The molecular formula is C53H35NO. The zero-order valence-corrected chi connectivity index (χ0v) is 30.1. The van der Waals surface area contributed by atoms with Crippen molar-refractivity contribution in [3.8, 4) is 44.9 Å². The number of benzene rings is 9. The van der Waals surface area contributed by atoms with E-state index in [2.05, 4.69) is 217 Å². The molecule has 9 aromatic carbocycles. The molecule has 55 heavy (non-hydrogen) atoms. The molecule has 0 atom stereocenters. The molecule has 0 bridgehead atoms. The molecule has 0 amide bonds. The molecule has 0 fully saturated rings. The molecule has 2 heteroatoms. The highest BCUT2D eigenvalue weighted by Gasteiger charge is 2.46. The van der Waals surface area contributed by atoms with Gasteiger partial charge in [-0.05, 0) is 110 Å². The van der Waals surface area contributed by atoms with Crippen LogP contribution in [0.1, 0.15) is 22.3 Å². The van der Waals surface area contributed by atoms with Crippen molar-refractivity contribution in [3.05, 3.63) is 235 Å². The summed E-state index contributed by atoms with van der Waals surface area (Å²) in [7, 11) is 0. The van der Waals surface area contributed by atoms with Gasteiger partial charge >= 0.3 is 0 Å². The van der Waals surface area contributed by atoms with Crippen LogP contribution in [0.25, 0.3) is 44.2 Å². The van der Waals surface area contributed by atoms with Gasteiger partial charge in [0.25, 0.3) is 0 Å². The topological polar surface area (TPSA) is 12.5 Å². The SMILES string of the molecule is c1ccc(N(c2ccc(-c3ccc4c(c3)Oc3cccc5cccc-4c35)cc2)c2ccc3c(c2)-c2ccccc2C3(c2ccccc2)c2ccccc2)cc1. The lowest BCUT2D eigenvalue weighted by Gasteiger charge is -2.34. The fraction of sp³-hybridized carbons (Fsp3) is 0.0189. The van der Waals surface area contributed by atoms with E-state index in [0.717, 1.165) is 45.3 Å².